The molecule has 6 nitrogen and oxygen atoms in total. The molecule has 1 amide bonds. The lowest BCUT2D eigenvalue weighted by atomic mass is 10.0. The van der Waals surface area contributed by atoms with Gasteiger partial charge in [0.05, 0.1) is 11.9 Å². The van der Waals surface area contributed by atoms with Crippen LogP contribution in [0.3, 0.4) is 0 Å². The zero-order valence-electron chi connectivity index (χ0n) is 11.6. The van der Waals surface area contributed by atoms with Crippen molar-refractivity contribution >= 4 is 23.5 Å². The third-order valence-corrected chi connectivity index (χ3v) is 3.11. The maximum Gasteiger partial charge on any atom is 0.256 e. The molecule has 0 saturated carbocycles. The number of carbonyl (C=O) groups is 3. The lowest BCUT2D eigenvalue weighted by Gasteiger charge is -2.14. The summed E-state index contributed by atoms with van der Waals surface area (Å²) in [7, 11) is 0. The van der Waals surface area contributed by atoms with Crippen LogP contribution < -0.4 is 15.5 Å². The van der Waals surface area contributed by atoms with Crippen LogP contribution in [0, 0.1) is 6.92 Å². The third-order valence-electron chi connectivity index (χ3n) is 3.11. The molecular weight excluding hydrogens is 286 g/mol. The number of carboxylic acid groups (broad SMARTS) is 2. The number of para-hydroxylation sites is 1. The molecule has 0 radical (unpaired) electrons. The van der Waals surface area contributed by atoms with Crippen LogP contribution in [-0.2, 0) is 0 Å². The quantitative estimate of drug-likeness (QED) is 0.852. The van der Waals surface area contributed by atoms with E-state index in [0.717, 1.165) is 23.8 Å². The van der Waals surface area contributed by atoms with Gasteiger partial charge in [0, 0.05) is 16.8 Å². The van der Waals surface area contributed by atoms with Crippen molar-refractivity contribution in [3.63, 3.8) is 0 Å². The smallest absolute Gasteiger partial charge is 0.256 e. The highest BCUT2D eigenvalue weighted by Crippen LogP contribution is 2.17. The second-order valence-electron chi connectivity index (χ2n) is 4.60. The summed E-state index contributed by atoms with van der Waals surface area (Å²) in [6.07, 6.45) is 0. The maximum atomic E-state index is 12.2. The van der Waals surface area contributed by atoms with Crippen molar-refractivity contribution in [2.45, 2.75) is 6.92 Å². The fraction of sp³-hybridized carbons (Fsp3) is 0.0625. The Morgan fingerprint density at radius 2 is 1.59 bits per heavy atom. The number of hydrogen-bond acceptors (Lipinski definition) is 5. The van der Waals surface area contributed by atoms with Gasteiger partial charge in [-0.05, 0) is 36.2 Å². The first-order valence-electron chi connectivity index (χ1n) is 6.34. The number of carboxylic acids is 2. The second kappa shape index (κ2) is 6.09. The van der Waals surface area contributed by atoms with Crippen molar-refractivity contribution in [1.82, 2.24) is 0 Å². The SMILES string of the molecule is Cc1ccccc1NC(=O)c1ccc(C(=O)[O-])cc1C(=O)[O-]. The summed E-state index contributed by atoms with van der Waals surface area (Å²) in [6.45, 7) is 1.79. The highest BCUT2D eigenvalue weighted by Gasteiger charge is 2.14. The highest BCUT2D eigenvalue weighted by molar-refractivity contribution is 6.11. The lowest BCUT2D eigenvalue weighted by Crippen LogP contribution is -2.28. The van der Waals surface area contributed by atoms with E-state index in [4.69, 9.17) is 0 Å². The Kier molecular flexibility index (Phi) is 4.22. The number of nitrogens with one attached hydrogen (secondary N) is 1. The first kappa shape index (κ1) is 15.2. The van der Waals surface area contributed by atoms with E-state index in [2.05, 4.69) is 5.32 Å². The predicted octanol–water partition coefficient (Wildman–Crippen LogP) is -0.0257. The molecule has 0 aliphatic carbocycles. The summed E-state index contributed by atoms with van der Waals surface area (Å²) in [6, 6.07) is 10.0. The molecule has 2 rings (SSSR count). The van der Waals surface area contributed by atoms with Crippen LogP contribution in [0.1, 0.15) is 36.6 Å². The Morgan fingerprint density at radius 1 is 0.909 bits per heavy atom. The molecule has 0 saturated heterocycles. The fourth-order valence-corrected chi connectivity index (χ4v) is 1.94. The van der Waals surface area contributed by atoms with E-state index in [-0.39, 0.29) is 11.1 Å². The molecule has 0 aliphatic rings. The monoisotopic (exact) mass is 297 g/mol. The molecule has 1 N–H and O–H groups in total. The Bertz CT molecular complexity index is 767. The van der Waals surface area contributed by atoms with Gasteiger partial charge >= 0.3 is 0 Å². The van der Waals surface area contributed by atoms with Crippen molar-refractivity contribution in [3.8, 4) is 0 Å². The summed E-state index contributed by atoms with van der Waals surface area (Å²) >= 11 is 0. The van der Waals surface area contributed by atoms with Crippen LogP contribution in [-0.4, -0.2) is 17.8 Å². The molecule has 0 unspecified atom stereocenters. The van der Waals surface area contributed by atoms with Crippen molar-refractivity contribution in [2.24, 2.45) is 0 Å². The standard InChI is InChI=1S/C16H13NO5/c1-9-4-2-3-5-13(9)17-14(18)11-7-6-10(15(19)20)8-12(11)16(21)22/h2-8H,1H3,(H,17,18)(H,19,20)(H,21,22)/p-2. The molecule has 112 valence electrons. The van der Waals surface area contributed by atoms with Gasteiger partial charge in [-0.25, -0.2) is 0 Å². The van der Waals surface area contributed by atoms with Gasteiger partial charge in [0.2, 0.25) is 0 Å². The van der Waals surface area contributed by atoms with Crippen molar-refractivity contribution < 1.29 is 24.6 Å². The number of benzene rings is 2. The van der Waals surface area contributed by atoms with Gasteiger partial charge in [0.1, 0.15) is 0 Å². The summed E-state index contributed by atoms with van der Waals surface area (Å²) in [5, 5.41) is 24.5. The molecule has 22 heavy (non-hydrogen) atoms. The number of carbonyl (C=O) groups excluding carboxylic acids is 3. The van der Waals surface area contributed by atoms with E-state index in [1.54, 1.807) is 31.2 Å². The van der Waals surface area contributed by atoms with Gasteiger partial charge in [0.25, 0.3) is 5.91 Å². The molecule has 0 aliphatic heterocycles. The zero-order valence-corrected chi connectivity index (χ0v) is 11.6. The van der Waals surface area contributed by atoms with Gasteiger partial charge in [-0.2, -0.15) is 0 Å². The Hall–Kier alpha value is -3.15. The number of aryl methyl sites for hydroxylation is 1. The number of anilines is 1. The van der Waals surface area contributed by atoms with E-state index in [1.165, 1.54) is 0 Å². The number of aromatic carboxylic acids is 2. The third kappa shape index (κ3) is 3.12. The normalized spacial score (nSPS) is 10.0. The van der Waals surface area contributed by atoms with Crippen LogP contribution in [0.5, 0.6) is 0 Å². The number of amides is 1. The van der Waals surface area contributed by atoms with Gasteiger partial charge in [-0.1, -0.05) is 24.3 Å². The molecule has 0 fully saturated rings. The molecule has 6 heteroatoms. The van der Waals surface area contributed by atoms with E-state index < -0.39 is 23.4 Å². The van der Waals surface area contributed by atoms with Crippen LogP contribution >= 0.6 is 0 Å². The van der Waals surface area contributed by atoms with E-state index in [0.29, 0.717) is 5.69 Å². The fourth-order valence-electron chi connectivity index (χ4n) is 1.94. The molecule has 0 atom stereocenters. The molecule has 0 bridgehead atoms. The molecule has 0 aromatic heterocycles. The van der Waals surface area contributed by atoms with Crippen LogP contribution in [0.2, 0.25) is 0 Å². The van der Waals surface area contributed by atoms with Gasteiger partial charge < -0.3 is 25.1 Å². The first-order valence-corrected chi connectivity index (χ1v) is 6.34. The maximum absolute atomic E-state index is 12.2. The minimum atomic E-state index is -1.64. The van der Waals surface area contributed by atoms with E-state index in [1.807, 2.05) is 0 Å². The molecule has 0 heterocycles. The zero-order chi connectivity index (χ0) is 16.3. The molecule has 2 aromatic carbocycles. The van der Waals surface area contributed by atoms with Crippen molar-refractivity contribution in [1.29, 1.82) is 0 Å². The van der Waals surface area contributed by atoms with Gasteiger partial charge in [-0.15, -0.1) is 0 Å². The Morgan fingerprint density at radius 3 is 2.18 bits per heavy atom. The average Bonchev–Trinajstić information content (AvgIpc) is 2.48. The van der Waals surface area contributed by atoms with Gasteiger partial charge in [0.15, 0.2) is 0 Å². The summed E-state index contributed by atoms with van der Waals surface area (Å²) in [4.78, 5) is 34.1. The number of hydrogen-bond donors (Lipinski definition) is 1. The Balaban J connectivity index is 2.39. The lowest BCUT2D eigenvalue weighted by molar-refractivity contribution is -0.255. The Labute approximate surface area is 126 Å². The largest absolute Gasteiger partial charge is 0.545 e. The van der Waals surface area contributed by atoms with Crippen molar-refractivity contribution in [3.05, 3.63) is 64.7 Å². The molecular formula is C16H11NO5-2. The second-order valence-corrected chi connectivity index (χ2v) is 4.60. The molecule has 2 aromatic rings. The average molecular weight is 297 g/mol. The van der Waals surface area contributed by atoms with Gasteiger partial charge in [-0.3, -0.25) is 4.79 Å². The van der Waals surface area contributed by atoms with E-state index >= 15 is 0 Å². The summed E-state index contributed by atoms with van der Waals surface area (Å²) in [5.74, 6) is -3.84. The summed E-state index contributed by atoms with van der Waals surface area (Å²) < 4.78 is 0. The number of rotatable bonds is 4. The minimum absolute atomic E-state index is 0.187. The topological polar surface area (TPSA) is 109 Å². The van der Waals surface area contributed by atoms with Crippen molar-refractivity contribution in [2.75, 3.05) is 5.32 Å². The molecule has 0 spiro atoms. The minimum Gasteiger partial charge on any atom is -0.545 e. The first-order chi connectivity index (χ1) is 10.4. The van der Waals surface area contributed by atoms with Crippen LogP contribution in [0.25, 0.3) is 0 Å². The van der Waals surface area contributed by atoms with Crippen LogP contribution in [0.15, 0.2) is 42.5 Å². The summed E-state index contributed by atoms with van der Waals surface area (Å²) in [5.41, 5.74) is 0.297. The van der Waals surface area contributed by atoms with Crippen LogP contribution in [0.4, 0.5) is 5.69 Å². The predicted molar refractivity (Wildman–Crippen MR) is 74.2 cm³/mol. The highest BCUT2D eigenvalue weighted by atomic mass is 16.4. The van der Waals surface area contributed by atoms with E-state index in [9.17, 15) is 24.6 Å².